The Morgan fingerprint density at radius 3 is 0.990 bits per heavy atom. The first-order valence-electron chi connectivity index (χ1n) is 38.4. The molecule has 3 heterocycles. The highest BCUT2D eigenvalue weighted by Crippen LogP contribution is 2.56. The lowest BCUT2D eigenvalue weighted by Crippen LogP contribution is -2.33. The van der Waals surface area contributed by atoms with Gasteiger partial charge < -0.3 is 38.3 Å². The molecule has 3 fully saturated rings. The van der Waals surface area contributed by atoms with Crippen molar-refractivity contribution in [3.8, 4) is 0 Å². The van der Waals surface area contributed by atoms with Gasteiger partial charge in [0.05, 0.1) is 11.8 Å². The van der Waals surface area contributed by atoms with Crippen LogP contribution >= 0.6 is 58.5 Å². The summed E-state index contributed by atoms with van der Waals surface area (Å²) in [7, 11) is -1.70. The summed E-state index contributed by atoms with van der Waals surface area (Å²) in [5.74, 6) is 0.298. The molecule has 0 saturated carbocycles. The van der Waals surface area contributed by atoms with E-state index in [0.717, 1.165) is 141 Å². The Hall–Kier alpha value is -1.98. The van der Waals surface area contributed by atoms with Gasteiger partial charge in [-0.1, -0.05) is 231 Å². The van der Waals surface area contributed by atoms with Crippen LogP contribution in [-0.2, 0) is 47.6 Å². The largest absolute Gasteiger partial charge is 0.390 e. The monoisotopic (exact) mass is 1520 g/mol. The zero-order valence-electron chi connectivity index (χ0n) is 64.2. The lowest BCUT2D eigenvalue weighted by molar-refractivity contribution is -0.163. The van der Waals surface area contributed by atoms with Gasteiger partial charge in [-0.25, -0.2) is 0 Å². The van der Waals surface area contributed by atoms with Gasteiger partial charge in [0.15, 0.2) is 34.2 Å². The maximum absolute atomic E-state index is 11.5. The van der Waals surface area contributed by atoms with Gasteiger partial charge in [0.1, 0.15) is 29.0 Å². The van der Waals surface area contributed by atoms with Crippen LogP contribution < -0.4 is 15.9 Å². The molecule has 16 heteroatoms. The van der Waals surface area contributed by atoms with Gasteiger partial charge in [-0.3, -0.25) is 14.4 Å². The van der Waals surface area contributed by atoms with Gasteiger partial charge in [0.2, 0.25) is 0 Å². The number of carbonyl (C=O) groups is 4. The number of benzene rings is 3. The number of alkyl halides is 1. The highest BCUT2D eigenvalue weighted by molar-refractivity contribution is 9.09. The van der Waals surface area contributed by atoms with Crippen molar-refractivity contribution >= 4 is 95.5 Å². The molecule has 0 aromatic heterocycles. The topological polar surface area (TPSA) is 144 Å². The third kappa shape index (κ3) is 50.2. The summed E-state index contributed by atoms with van der Waals surface area (Å²) in [6.07, 6.45) is 40.3. The molecular formula is C83H139BrO11PS3+. The number of aliphatic hydroxyl groups is 1. The van der Waals surface area contributed by atoms with Gasteiger partial charge in [0.25, 0.3) is 0 Å². The quantitative estimate of drug-likeness (QED) is 0.0326. The van der Waals surface area contributed by atoms with Crippen molar-refractivity contribution in [2.75, 3.05) is 51.1 Å². The number of rotatable bonds is 43. The Morgan fingerprint density at radius 1 is 0.414 bits per heavy atom. The maximum atomic E-state index is 11.5. The number of Topliss-reactive ketones (excluding diaryl/α,β-unsaturated/α-hetero) is 1. The second-order valence-corrected chi connectivity index (χ2v) is 39.7. The van der Waals surface area contributed by atoms with Crippen molar-refractivity contribution in [3.05, 3.63) is 91.0 Å². The highest BCUT2D eigenvalue weighted by Gasteiger charge is 2.44. The first-order chi connectivity index (χ1) is 47.3. The summed E-state index contributed by atoms with van der Waals surface area (Å²) in [6, 6.07) is 33.4. The van der Waals surface area contributed by atoms with Crippen molar-refractivity contribution in [2.24, 2.45) is 0 Å². The van der Waals surface area contributed by atoms with E-state index in [2.05, 4.69) is 148 Å². The number of ether oxygens (including phenoxy) is 6. The molecule has 0 spiro atoms. The van der Waals surface area contributed by atoms with Crippen LogP contribution in [0.3, 0.4) is 0 Å². The van der Waals surface area contributed by atoms with Gasteiger partial charge in [-0.15, -0.1) is 0 Å². The summed E-state index contributed by atoms with van der Waals surface area (Å²) in [5, 5.41) is 15.7. The van der Waals surface area contributed by atoms with Gasteiger partial charge in [-0.2, -0.15) is 0 Å². The molecule has 0 bridgehead atoms. The zero-order chi connectivity index (χ0) is 72.9. The summed E-state index contributed by atoms with van der Waals surface area (Å²) < 4.78 is 33.7. The Kier molecular flexibility index (Phi) is 53.0. The second-order valence-electron chi connectivity index (χ2n) is 29.6. The fraction of sp³-hybridized carbons (Fsp3) is 0.735. The van der Waals surface area contributed by atoms with Gasteiger partial charge in [-0.05, 0) is 186 Å². The average Bonchev–Trinajstić information content (AvgIpc) is 0.761. The van der Waals surface area contributed by atoms with Crippen molar-refractivity contribution in [1.29, 1.82) is 0 Å². The van der Waals surface area contributed by atoms with E-state index in [1.54, 1.807) is 27.7 Å². The maximum Gasteiger partial charge on any atom is 0.186 e. The molecule has 3 atom stereocenters. The predicted molar refractivity (Wildman–Crippen MR) is 432 cm³/mol. The third-order valence-electron chi connectivity index (χ3n) is 17.6. The molecule has 99 heavy (non-hydrogen) atoms. The predicted octanol–water partition coefficient (Wildman–Crippen LogP) is 22.2. The Bertz CT molecular complexity index is 2370. The SMILES string of the molecule is CC(=O)CCCCCCOC1CCCCO1.CC(=O)SC(C)(C)CCCCCCBr.CC(=O)SC(C)(C)CCCCCCOC1CCCCO1.CC(=O)SC(C)(C)CCCCCC[P+](c1ccccc1)(c1ccccc1)c1ccccc1.CC(C)(O)CCCCCCOC1CCCCO1. The zero-order valence-corrected chi connectivity index (χ0v) is 69.1. The lowest BCUT2D eigenvalue weighted by Gasteiger charge is -2.28. The molecule has 0 radical (unpaired) electrons. The number of hydrogen-bond acceptors (Lipinski definition) is 14. The fourth-order valence-corrected chi connectivity index (χ4v) is 20.4. The number of carbonyl (C=O) groups excluding carboxylic acids is 4. The first kappa shape index (κ1) is 93.1. The second kappa shape index (κ2) is 56.4. The van der Waals surface area contributed by atoms with E-state index in [0.29, 0.717) is 5.78 Å². The minimum atomic E-state index is -1.70. The molecule has 1 N–H and O–H groups in total. The molecule has 3 saturated heterocycles. The summed E-state index contributed by atoms with van der Waals surface area (Å²) in [4.78, 5) is 44.2. The number of halogens is 1. The molecule has 3 aliphatic heterocycles. The fourth-order valence-electron chi connectivity index (χ4n) is 12.5. The van der Waals surface area contributed by atoms with Crippen molar-refractivity contribution in [3.63, 3.8) is 0 Å². The van der Waals surface area contributed by atoms with Crippen LogP contribution in [0.4, 0.5) is 0 Å². The van der Waals surface area contributed by atoms with Crippen molar-refractivity contribution < 1.29 is 52.7 Å². The van der Waals surface area contributed by atoms with E-state index in [1.807, 2.05) is 13.8 Å². The van der Waals surface area contributed by atoms with E-state index in [-0.39, 0.29) is 48.5 Å². The van der Waals surface area contributed by atoms with Gasteiger partial charge in [0, 0.05) is 86.4 Å². The standard InChI is InChI=1S/C29H36OPS.C16H30O3S.C14H28O3.C13H24O3.C11H21BrOS/c1-25(30)32-29(2,3)23-15-4-5-16-24-31(26-17-9-6-10-18-26,27-19-11-7-12-20-27)28-21-13-8-14-22-28;1-14(17)20-16(2,3)11-7-4-5-8-12-18-15-10-6-9-13-19-15;1-14(2,15)10-6-3-4-7-11-16-13-9-5-8-12-17-13;1-12(14)8-4-2-3-6-10-15-13-9-5-7-11-16-13;1-10(13)14-11(2,3)8-6-4-5-7-9-12/h6-14,17-22H,4-5,15-16,23-24H2,1-3H3;15H,4-13H2,1-3H3;13,15H,3-12H2,1-2H3;13H,2-11H2,1H3;4-9H2,1-3H3/q+1;;;;. The number of hydrogen-bond donors (Lipinski definition) is 1. The van der Waals surface area contributed by atoms with Crippen LogP contribution in [0.25, 0.3) is 0 Å². The average molecular weight is 1520 g/mol. The summed E-state index contributed by atoms with van der Waals surface area (Å²) in [6.45, 7) is 28.4. The van der Waals surface area contributed by atoms with Crippen molar-refractivity contribution in [1.82, 2.24) is 0 Å². The van der Waals surface area contributed by atoms with Crippen LogP contribution in [0.2, 0.25) is 0 Å². The molecule has 3 unspecified atom stereocenters. The number of ketones is 1. The normalized spacial score (nSPS) is 16.7. The molecule has 11 nitrogen and oxygen atoms in total. The summed E-state index contributed by atoms with van der Waals surface area (Å²) >= 11 is 7.84. The van der Waals surface area contributed by atoms with Crippen LogP contribution in [0, 0.1) is 0 Å². The molecule has 0 amide bonds. The van der Waals surface area contributed by atoms with E-state index in [9.17, 15) is 24.3 Å². The Morgan fingerprint density at radius 2 is 0.707 bits per heavy atom. The van der Waals surface area contributed by atoms with Gasteiger partial charge >= 0.3 is 0 Å². The molecule has 3 aliphatic rings. The Labute approximate surface area is 626 Å². The van der Waals surface area contributed by atoms with E-state index >= 15 is 0 Å². The molecule has 3 aromatic rings. The Balaban J connectivity index is 0.000000438. The van der Waals surface area contributed by atoms with E-state index in [4.69, 9.17) is 28.4 Å². The minimum Gasteiger partial charge on any atom is -0.390 e. The van der Waals surface area contributed by atoms with Crippen molar-refractivity contribution in [2.45, 2.75) is 340 Å². The molecule has 3 aromatic carbocycles. The number of thioether (sulfide) groups is 3. The van der Waals surface area contributed by atoms with Crippen LogP contribution in [0.5, 0.6) is 0 Å². The molecular weight excluding hydrogens is 1380 g/mol. The van der Waals surface area contributed by atoms with Crippen LogP contribution in [0.15, 0.2) is 91.0 Å². The third-order valence-corrected chi connectivity index (χ3v) is 25.9. The lowest BCUT2D eigenvalue weighted by atomic mass is 10.0. The first-order valence-corrected chi connectivity index (χ1v) is 43.9. The van der Waals surface area contributed by atoms with E-state index < -0.39 is 12.9 Å². The molecule has 0 aliphatic carbocycles. The smallest absolute Gasteiger partial charge is 0.186 e. The summed E-state index contributed by atoms with van der Waals surface area (Å²) in [5.41, 5.74) is -0.508. The van der Waals surface area contributed by atoms with Crippen LogP contribution in [0.1, 0.15) is 301 Å². The highest BCUT2D eigenvalue weighted by atomic mass is 79.9. The molecule has 6 rings (SSSR count). The number of unbranched alkanes of at least 4 members (excludes halogenated alkanes) is 15. The molecule has 566 valence electrons. The van der Waals surface area contributed by atoms with E-state index in [1.165, 1.54) is 179 Å². The van der Waals surface area contributed by atoms with Crippen LogP contribution in [-0.4, -0.2) is 116 Å². The minimum absolute atomic E-state index is 0.0424.